The number of nitrogens with one attached hydrogen (secondary N) is 1. The van der Waals surface area contributed by atoms with Crippen molar-refractivity contribution < 1.29 is 18.3 Å². The van der Waals surface area contributed by atoms with E-state index in [1.165, 1.54) is 23.1 Å². The molecule has 0 saturated carbocycles. The average Bonchev–Trinajstić information content (AvgIpc) is 2.80. The molecule has 2 aromatic rings. The van der Waals surface area contributed by atoms with E-state index in [0.29, 0.717) is 5.82 Å². The maximum atomic E-state index is 11.2. The van der Waals surface area contributed by atoms with Gasteiger partial charge in [0.25, 0.3) is 0 Å². The van der Waals surface area contributed by atoms with Crippen LogP contribution in [0.3, 0.4) is 0 Å². The number of carbonyl (C=O) groups is 1. The molecule has 10 heteroatoms. The van der Waals surface area contributed by atoms with Crippen LogP contribution in [0.2, 0.25) is 0 Å². The Labute approximate surface area is 120 Å². The Bertz CT molecular complexity index is 784. The molecule has 0 amide bonds. The lowest BCUT2D eigenvalue weighted by Crippen LogP contribution is -2.14. The summed E-state index contributed by atoms with van der Waals surface area (Å²) in [5.41, 5.74) is 0.0554. The maximum Gasteiger partial charge on any atom is 0.337 e. The van der Waals surface area contributed by atoms with Crippen LogP contribution in [0.5, 0.6) is 0 Å². The Kier molecular flexibility index (Phi) is 3.91. The van der Waals surface area contributed by atoms with Gasteiger partial charge in [-0.2, -0.15) is 5.10 Å². The highest BCUT2D eigenvalue weighted by atomic mass is 32.2. The summed E-state index contributed by atoms with van der Waals surface area (Å²) in [6, 6.07) is 3.58. The van der Waals surface area contributed by atoms with Crippen molar-refractivity contribution >= 4 is 21.7 Å². The molecule has 0 aliphatic carbocycles. The molecule has 1 heterocycles. The van der Waals surface area contributed by atoms with Gasteiger partial charge in [-0.3, -0.25) is 4.68 Å². The van der Waals surface area contributed by atoms with E-state index in [4.69, 9.17) is 10.2 Å². The minimum absolute atomic E-state index is 0.197. The highest BCUT2D eigenvalue weighted by Gasteiger charge is 2.16. The molecule has 1 aromatic heterocycles. The number of aryl methyl sites for hydroxylation is 1. The lowest BCUT2D eigenvalue weighted by atomic mass is 10.2. The summed E-state index contributed by atoms with van der Waals surface area (Å²) in [5, 5.41) is 21.0. The predicted molar refractivity (Wildman–Crippen MR) is 73.1 cm³/mol. The summed E-state index contributed by atoms with van der Waals surface area (Å²) >= 11 is 0. The third-order valence-corrected chi connectivity index (χ3v) is 3.54. The Morgan fingerprint density at radius 2 is 2.19 bits per heavy atom. The smallest absolute Gasteiger partial charge is 0.337 e. The van der Waals surface area contributed by atoms with Gasteiger partial charge >= 0.3 is 5.97 Å². The van der Waals surface area contributed by atoms with Crippen molar-refractivity contribution in [2.45, 2.75) is 11.4 Å². The van der Waals surface area contributed by atoms with Crippen LogP contribution in [-0.4, -0.2) is 34.3 Å². The zero-order chi connectivity index (χ0) is 15.6. The predicted octanol–water partition coefficient (Wildman–Crippen LogP) is -0.227. The summed E-state index contributed by atoms with van der Waals surface area (Å²) < 4.78 is 24.0. The third-order valence-electron chi connectivity index (χ3n) is 2.63. The monoisotopic (exact) mass is 311 g/mol. The van der Waals surface area contributed by atoms with Gasteiger partial charge in [0.2, 0.25) is 10.0 Å². The van der Waals surface area contributed by atoms with Crippen molar-refractivity contribution in [1.29, 1.82) is 0 Å². The van der Waals surface area contributed by atoms with Crippen molar-refractivity contribution in [3.8, 4) is 0 Å². The van der Waals surface area contributed by atoms with Gasteiger partial charge in [0.15, 0.2) is 5.82 Å². The van der Waals surface area contributed by atoms with E-state index < -0.39 is 16.0 Å². The van der Waals surface area contributed by atoms with Crippen molar-refractivity contribution in [2.24, 2.45) is 12.2 Å². The van der Waals surface area contributed by atoms with Crippen LogP contribution in [0.25, 0.3) is 0 Å². The van der Waals surface area contributed by atoms with E-state index in [-0.39, 0.29) is 22.7 Å². The summed E-state index contributed by atoms with van der Waals surface area (Å²) in [7, 11) is -2.25. The highest BCUT2D eigenvalue weighted by molar-refractivity contribution is 7.89. The van der Waals surface area contributed by atoms with Crippen LogP contribution in [0, 0.1) is 0 Å². The van der Waals surface area contributed by atoms with Crippen LogP contribution in [0.15, 0.2) is 29.4 Å². The molecule has 21 heavy (non-hydrogen) atoms. The zero-order valence-electron chi connectivity index (χ0n) is 11.0. The second-order valence-corrected chi connectivity index (χ2v) is 5.81. The standard InChI is InChI=1S/C11H13N5O4S/c1-16-6-14-10(15-16)5-13-9-3-2-7(21(12,19)20)4-8(9)11(17)18/h2-4,6,13H,5H2,1H3,(H,17,18)(H2,12,19,20). The molecule has 112 valence electrons. The largest absolute Gasteiger partial charge is 0.478 e. The first-order valence-corrected chi connectivity index (χ1v) is 7.30. The Balaban J connectivity index is 2.28. The van der Waals surface area contributed by atoms with E-state index in [1.807, 2.05) is 0 Å². The number of hydrogen-bond acceptors (Lipinski definition) is 6. The fourth-order valence-electron chi connectivity index (χ4n) is 1.67. The average molecular weight is 311 g/mol. The Hall–Kier alpha value is -2.46. The number of sulfonamides is 1. The van der Waals surface area contributed by atoms with E-state index in [1.54, 1.807) is 7.05 Å². The lowest BCUT2D eigenvalue weighted by molar-refractivity contribution is 0.0697. The number of anilines is 1. The SMILES string of the molecule is Cn1cnc(CNc2ccc(S(N)(=O)=O)cc2C(=O)O)n1. The minimum atomic E-state index is -3.96. The fraction of sp³-hybridized carbons (Fsp3) is 0.182. The lowest BCUT2D eigenvalue weighted by Gasteiger charge is -2.09. The van der Waals surface area contributed by atoms with Gasteiger partial charge in [-0.05, 0) is 18.2 Å². The van der Waals surface area contributed by atoms with Gasteiger partial charge < -0.3 is 10.4 Å². The number of nitrogens with zero attached hydrogens (tertiary/aromatic N) is 3. The van der Waals surface area contributed by atoms with Crippen molar-refractivity contribution in [3.63, 3.8) is 0 Å². The number of nitrogens with two attached hydrogens (primary N) is 1. The van der Waals surface area contributed by atoms with E-state index in [2.05, 4.69) is 15.4 Å². The molecule has 0 spiro atoms. The maximum absolute atomic E-state index is 11.2. The zero-order valence-corrected chi connectivity index (χ0v) is 11.8. The van der Waals surface area contributed by atoms with Crippen LogP contribution in [0.4, 0.5) is 5.69 Å². The van der Waals surface area contributed by atoms with E-state index >= 15 is 0 Å². The number of primary sulfonamides is 1. The van der Waals surface area contributed by atoms with Crippen LogP contribution >= 0.6 is 0 Å². The summed E-state index contributed by atoms with van der Waals surface area (Å²) in [6.07, 6.45) is 1.51. The molecule has 0 bridgehead atoms. The Morgan fingerprint density at radius 1 is 1.48 bits per heavy atom. The van der Waals surface area contributed by atoms with Gasteiger partial charge in [-0.1, -0.05) is 0 Å². The van der Waals surface area contributed by atoms with Gasteiger partial charge in [-0.15, -0.1) is 0 Å². The molecule has 0 atom stereocenters. The van der Waals surface area contributed by atoms with E-state index in [9.17, 15) is 13.2 Å². The highest BCUT2D eigenvalue weighted by Crippen LogP contribution is 2.20. The molecule has 0 radical (unpaired) electrons. The normalized spacial score (nSPS) is 11.3. The molecule has 0 aliphatic rings. The number of benzene rings is 1. The number of carboxylic acids is 1. The van der Waals surface area contributed by atoms with Crippen molar-refractivity contribution in [2.75, 3.05) is 5.32 Å². The minimum Gasteiger partial charge on any atom is -0.478 e. The summed E-state index contributed by atoms with van der Waals surface area (Å²) in [5.74, 6) is -0.790. The first-order chi connectivity index (χ1) is 9.77. The third kappa shape index (κ3) is 3.55. The summed E-state index contributed by atoms with van der Waals surface area (Å²) in [6.45, 7) is 0.204. The number of aromatic nitrogens is 3. The first-order valence-electron chi connectivity index (χ1n) is 5.76. The molecule has 4 N–H and O–H groups in total. The molecule has 9 nitrogen and oxygen atoms in total. The van der Waals surface area contributed by atoms with E-state index in [0.717, 1.165) is 6.07 Å². The molecule has 2 rings (SSSR count). The Morgan fingerprint density at radius 3 is 2.71 bits per heavy atom. The number of carboxylic acid groups (broad SMARTS) is 1. The van der Waals surface area contributed by atoms with Crippen molar-refractivity contribution in [3.05, 3.63) is 35.9 Å². The summed E-state index contributed by atoms with van der Waals surface area (Å²) in [4.78, 5) is 14.9. The quantitative estimate of drug-likeness (QED) is 0.692. The fourth-order valence-corrected chi connectivity index (χ4v) is 2.21. The molecule has 0 fully saturated rings. The number of hydrogen-bond donors (Lipinski definition) is 3. The van der Waals surface area contributed by atoms with Gasteiger partial charge in [0.05, 0.1) is 17.0 Å². The van der Waals surface area contributed by atoms with Crippen LogP contribution in [0.1, 0.15) is 16.2 Å². The number of aromatic carboxylic acids is 1. The van der Waals surface area contributed by atoms with Crippen molar-refractivity contribution in [1.82, 2.24) is 14.8 Å². The molecule has 0 unspecified atom stereocenters. The van der Waals surface area contributed by atoms with Crippen LogP contribution in [-0.2, 0) is 23.6 Å². The number of rotatable bonds is 5. The molecule has 1 aromatic carbocycles. The van der Waals surface area contributed by atoms with Gasteiger partial charge in [0.1, 0.15) is 6.33 Å². The van der Waals surface area contributed by atoms with Gasteiger partial charge in [-0.25, -0.2) is 23.3 Å². The van der Waals surface area contributed by atoms with Crippen LogP contribution < -0.4 is 10.5 Å². The molecular formula is C11H13N5O4S. The first kappa shape index (κ1) is 14.9. The second kappa shape index (κ2) is 5.50. The molecule has 0 saturated heterocycles. The van der Waals surface area contributed by atoms with Gasteiger partial charge in [0, 0.05) is 12.7 Å². The molecular weight excluding hydrogens is 298 g/mol. The molecule has 0 aliphatic heterocycles. The second-order valence-electron chi connectivity index (χ2n) is 4.25. The topological polar surface area (TPSA) is 140 Å².